The molecule has 0 saturated heterocycles. The molecule has 6 heteroatoms. The van der Waals surface area contributed by atoms with Crippen molar-refractivity contribution in [3.05, 3.63) is 51.6 Å². The number of nitrogens with zero attached hydrogens (tertiary/aromatic N) is 2. The number of halogens is 3. The van der Waals surface area contributed by atoms with E-state index in [2.05, 4.69) is 9.97 Å². The third-order valence-corrected chi connectivity index (χ3v) is 4.69. The van der Waals surface area contributed by atoms with Crippen LogP contribution in [0.15, 0.2) is 41.3 Å². The monoisotopic (exact) mass is 354 g/mol. The number of benzene rings is 2. The Hall–Kier alpha value is -1.00. The Morgan fingerprint density at radius 1 is 0.857 bits per heavy atom. The molecule has 0 saturated carbocycles. The van der Waals surface area contributed by atoms with Gasteiger partial charge in [0.25, 0.3) is 0 Å². The van der Waals surface area contributed by atoms with Crippen LogP contribution in [0.3, 0.4) is 0 Å². The normalized spacial score (nSPS) is 11.0. The zero-order chi connectivity index (χ0) is 15.0. The first-order valence-electron chi connectivity index (χ1n) is 6.06. The van der Waals surface area contributed by atoms with Crippen molar-refractivity contribution < 1.29 is 0 Å². The lowest BCUT2D eigenvalue weighted by atomic mass is 10.2. The molecule has 21 heavy (non-hydrogen) atoms. The van der Waals surface area contributed by atoms with Crippen LogP contribution in [0.5, 0.6) is 0 Å². The first-order chi connectivity index (χ1) is 10.1. The predicted octanol–water partition coefficient (Wildman–Crippen LogP) is 5.98. The Morgan fingerprint density at radius 3 is 2.19 bits per heavy atom. The van der Waals surface area contributed by atoms with Gasteiger partial charge in [0, 0.05) is 10.5 Å². The van der Waals surface area contributed by atoms with Gasteiger partial charge in [-0.2, -0.15) is 0 Å². The SMILES string of the molecule is CSc1ccc(-c2nc(Cl)c3c(Cl)ccc(Cl)c3n2)cc1. The van der Waals surface area contributed by atoms with Crippen LogP contribution in [-0.4, -0.2) is 16.2 Å². The maximum atomic E-state index is 6.25. The molecule has 0 fully saturated rings. The molecule has 0 spiro atoms. The Kier molecular flexibility index (Phi) is 4.27. The number of aromatic nitrogens is 2. The first kappa shape index (κ1) is 14.9. The summed E-state index contributed by atoms with van der Waals surface area (Å²) in [5, 5.41) is 1.87. The number of rotatable bonds is 2. The van der Waals surface area contributed by atoms with E-state index in [1.807, 2.05) is 30.5 Å². The molecule has 0 aliphatic heterocycles. The highest BCUT2D eigenvalue weighted by Gasteiger charge is 2.13. The molecule has 3 aromatic rings. The smallest absolute Gasteiger partial charge is 0.161 e. The average Bonchev–Trinajstić information content (AvgIpc) is 2.50. The van der Waals surface area contributed by atoms with E-state index >= 15 is 0 Å². The van der Waals surface area contributed by atoms with E-state index in [-0.39, 0.29) is 0 Å². The molecule has 3 rings (SSSR count). The Bertz CT molecular complexity index is 819. The summed E-state index contributed by atoms with van der Waals surface area (Å²) in [7, 11) is 0. The van der Waals surface area contributed by atoms with Crippen molar-refractivity contribution in [1.82, 2.24) is 9.97 Å². The van der Waals surface area contributed by atoms with Crippen LogP contribution in [0.4, 0.5) is 0 Å². The number of hydrogen-bond donors (Lipinski definition) is 0. The maximum Gasteiger partial charge on any atom is 0.161 e. The van der Waals surface area contributed by atoms with E-state index in [9.17, 15) is 0 Å². The van der Waals surface area contributed by atoms with Gasteiger partial charge in [-0.3, -0.25) is 0 Å². The van der Waals surface area contributed by atoms with Crippen molar-refractivity contribution >= 4 is 57.5 Å². The van der Waals surface area contributed by atoms with Gasteiger partial charge in [0.05, 0.1) is 20.9 Å². The van der Waals surface area contributed by atoms with Crippen LogP contribution in [0.25, 0.3) is 22.3 Å². The maximum absolute atomic E-state index is 6.25. The van der Waals surface area contributed by atoms with Gasteiger partial charge < -0.3 is 0 Å². The molecule has 106 valence electrons. The zero-order valence-corrected chi connectivity index (χ0v) is 14.0. The Balaban J connectivity index is 2.22. The van der Waals surface area contributed by atoms with Gasteiger partial charge in [0.2, 0.25) is 0 Å². The minimum absolute atomic E-state index is 0.302. The summed E-state index contributed by atoms with van der Waals surface area (Å²) in [4.78, 5) is 10.0. The van der Waals surface area contributed by atoms with Gasteiger partial charge in [-0.1, -0.05) is 46.9 Å². The second kappa shape index (κ2) is 6.01. The van der Waals surface area contributed by atoms with E-state index in [4.69, 9.17) is 34.8 Å². The van der Waals surface area contributed by atoms with E-state index in [1.54, 1.807) is 23.9 Å². The Morgan fingerprint density at radius 2 is 1.52 bits per heavy atom. The molecule has 1 aromatic heterocycles. The lowest BCUT2D eigenvalue weighted by Gasteiger charge is -2.07. The molecule has 0 aliphatic carbocycles. The summed E-state index contributed by atoms with van der Waals surface area (Å²) in [6.45, 7) is 0. The van der Waals surface area contributed by atoms with Crippen molar-refractivity contribution in [1.29, 1.82) is 0 Å². The first-order valence-corrected chi connectivity index (χ1v) is 8.41. The molecule has 0 atom stereocenters. The molecule has 0 unspecified atom stereocenters. The van der Waals surface area contributed by atoms with Crippen molar-refractivity contribution in [3.8, 4) is 11.4 Å². The van der Waals surface area contributed by atoms with Gasteiger partial charge in [0.1, 0.15) is 5.15 Å². The molecule has 0 amide bonds. The predicted molar refractivity (Wildman–Crippen MR) is 91.8 cm³/mol. The lowest BCUT2D eigenvalue weighted by molar-refractivity contribution is 1.22. The van der Waals surface area contributed by atoms with Gasteiger partial charge >= 0.3 is 0 Å². The average molecular weight is 356 g/mol. The van der Waals surface area contributed by atoms with Crippen LogP contribution < -0.4 is 0 Å². The van der Waals surface area contributed by atoms with Crippen LogP contribution in [0.2, 0.25) is 15.2 Å². The van der Waals surface area contributed by atoms with Crippen molar-refractivity contribution in [2.75, 3.05) is 6.26 Å². The second-order valence-electron chi connectivity index (χ2n) is 4.32. The standard InChI is InChI=1S/C15H9Cl3N2S/c1-21-9-4-2-8(3-5-9)15-19-13-11(17)7-6-10(16)12(13)14(18)20-15/h2-7H,1H3. The van der Waals surface area contributed by atoms with Crippen molar-refractivity contribution in [3.63, 3.8) is 0 Å². The van der Waals surface area contributed by atoms with Crippen molar-refractivity contribution in [2.45, 2.75) is 4.90 Å². The molecule has 0 aliphatic rings. The molecule has 0 radical (unpaired) electrons. The topological polar surface area (TPSA) is 25.8 Å². The van der Waals surface area contributed by atoms with Gasteiger partial charge in [-0.25, -0.2) is 9.97 Å². The van der Waals surface area contributed by atoms with Gasteiger partial charge in [0.15, 0.2) is 5.82 Å². The van der Waals surface area contributed by atoms with E-state index < -0.39 is 0 Å². The van der Waals surface area contributed by atoms with Crippen LogP contribution in [0, 0.1) is 0 Å². The van der Waals surface area contributed by atoms with Crippen LogP contribution in [-0.2, 0) is 0 Å². The van der Waals surface area contributed by atoms with Gasteiger partial charge in [-0.05, 0) is 30.5 Å². The minimum Gasteiger partial charge on any atom is -0.226 e. The molecule has 2 nitrogen and oxygen atoms in total. The molecule has 2 aromatic carbocycles. The van der Waals surface area contributed by atoms with Crippen molar-refractivity contribution in [2.24, 2.45) is 0 Å². The van der Waals surface area contributed by atoms with Gasteiger partial charge in [-0.15, -0.1) is 11.8 Å². The highest BCUT2D eigenvalue weighted by atomic mass is 35.5. The second-order valence-corrected chi connectivity index (χ2v) is 6.37. The largest absolute Gasteiger partial charge is 0.226 e. The summed E-state index contributed by atoms with van der Waals surface area (Å²) < 4.78 is 0. The molecular weight excluding hydrogens is 347 g/mol. The summed E-state index contributed by atoms with van der Waals surface area (Å²) in [5.74, 6) is 0.532. The lowest BCUT2D eigenvalue weighted by Crippen LogP contribution is -1.93. The molecular formula is C15H9Cl3N2S. The van der Waals surface area contributed by atoms with Crippen LogP contribution >= 0.6 is 46.6 Å². The van der Waals surface area contributed by atoms with E-state index in [1.165, 1.54) is 4.90 Å². The summed E-state index contributed by atoms with van der Waals surface area (Å²) in [6.07, 6.45) is 2.03. The number of thioether (sulfide) groups is 1. The fourth-order valence-corrected chi connectivity index (χ4v) is 3.17. The molecule has 0 N–H and O–H groups in total. The minimum atomic E-state index is 0.302. The third kappa shape index (κ3) is 2.84. The number of fused-ring (bicyclic) bond motifs is 1. The Labute approximate surface area is 141 Å². The highest BCUT2D eigenvalue weighted by molar-refractivity contribution is 7.98. The zero-order valence-electron chi connectivity index (χ0n) is 10.9. The third-order valence-electron chi connectivity index (χ3n) is 3.05. The summed E-state index contributed by atoms with van der Waals surface area (Å²) >= 11 is 20.3. The fourth-order valence-electron chi connectivity index (χ4n) is 2.00. The van der Waals surface area contributed by atoms with E-state index in [0.29, 0.717) is 31.9 Å². The van der Waals surface area contributed by atoms with E-state index in [0.717, 1.165) is 5.56 Å². The molecule has 0 bridgehead atoms. The fraction of sp³-hybridized carbons (Fsp3) is 0.0667. The van der Waals surface area contributed by atoms with Crippen LogP contribution in [0.1, 0.15) is 0 Å². The summed E-state index contributed by atoms with van der Waals surface area (Å²) in [5.41, 5.74) is 1.45. The molecule has 1 heterocycles. The summed E-state index contributed by atoms with van der Waals surface area (Å²) in [6, 6.07) is 11.3. The quantitative estimate of drug-likeness (QED) is 0.418. The number of hydrogen-bond acceptors (Lipinski definition) is 3. The highest BCUT2D eigenvalue weighted by Crippen LogP contribution is 2.34.